The zero-order chi connectivity index (χ0) is 11.6. The molecule has 3 rings (SSSR count). The smallest absolute Gasteiger partial charge is 0.111 e. The van der Waals surface area contributed by atoms with Crippen molar-refractivity contribution in [2.24, 2.45) is 29.4 Å². The lowest BCUT2D eigenvalue weighted by Gasteiger charge is -2.11. The lowest BCUT2D eigenvalue weighted by Crippen LogP contribution is -2.27. The fraction of sp³-hybridized carbons (Fsp3) is 0.923. The first-order chi connectivity index (χ1) is 7.44. The molecule has 0 aromatic heterocycles. The second-order valence-corrected chi connectivity index (χ2v) is 6.48. The highest BCUT2D eigenvalue weighted by Gasteiger charge is 2.60. The van der Waals surface area contributed by atoms with Crippen molar-refractivity contribution >= 4 is 0 Å². The van der Waals surface area contributed by atoms with E-state index in [1.165, 1.54) is 0 Å². The summed E-state index contributed by atoms with van der Waals surface area (Å²) >= 11 is 0. The number of alkyl halides is 1. The minimum Gasteiger partial charge on any atom is -0.325 e. The van der Waals surface area contributed by atoms with Crippen LogP contribution in [0.25, 0.3) is 0 Å². The summed E-state index contributed by atoms with van der Waals surface area (Å²) in [6.07, 6.45) is 4.77. The van der Waals surface area contributed by atoms with Gasteiger partial charge in [-0.05, 0) is 56.8 Å². The molecule has 0 bridgehead atoms. The SMILES string of the molecule is CC1(F)CC1CC1(N)CC1CC1CC1C#N. The Morgan fingerprint density at radius 2 is 2.12 bits per heavy atom. The Morgan fingerprint density at radius 1 is 1.44 bits per heavy atom. The van der Waals surface area contributed by atoms with Crippen LogP contribution in [0.4, 0.5) is 4.39 Å². The maximum Gasteiger partial charge on any atom is 0.111 e. The van der Waals surface area contributed by atoms with Gasteiger partial charge in [0.1, 0.15) is 5.67 Å². The lowest BCUT2D eigenvalue weighted by atomic mass is 10.0. The number of hydrogen-bond acceptors (Lipinski definition) is 2. The van der Waals surface area contributed by atoms with Gasteiger partial charge in [-0.2, -0.15) is 5.26 Å². The van der Waals surface area contributed by atoms with Gasteiger partial charge >= 0.3 is 0 Å². The molecule has 16 heavy (non-hydrogen) atoms. The predicted octanol–water partition coefficient (Wildman–Crippen LogP) is 2.39. The molecule has 3 saturated carbocycles. The fourth-order valence-electron chi connectivity index (χ4n) is 3.17. The monoisotopic (exact) mass is 222 g/mol. The van der Waals surface area contributed by atoms with Gasteiger partial charge in [0.2, 0.25) is 0 Å². The van der Waals surface area contributed by atoms with Crippen molar-refractivity contribution in [2.75, 3.05) is 0 Å². The molecule has 6 atom stereocenters. The molecule has 3 fully saturated rings. The molecule has 0 aromatic rings. The van der Waals surface area contributed by atoms with Gasteiger partial charge in [-0.25, -0.2) is 4.39 Å². The zero-order valence-electron chi connectivity index (χ0n) is 9.75. The first kappa shape index (κ1) is 10.5. The zero-order valence-corrected chi connectivity index (χ0v) is 9.75. The van der Waals surface area contributed by atoms with Crippen molar-refractivity contribution in [3.63, 3.8) is 0 Å². The summed E-state index contributed by atoms with van der Waals surface area (Å²) in [5.74, 6) is 1.65. The highest BCUT2D eigenvalue weighted by atomic mass is 19.1. The summed E-state index contributed by atoms with van der Waals surface area (Å²) in [5.41, 5.74) is 5.24. The third-order valence-electron chi connectivity index (χ3n) is 4.92. The molecule has 88 valence electrons. The van der Waals surface area contributed by atoms with Gasteiger partial charge in [-0.3, -0.25) is 0 Å². The molecule has 0 heterocycles. The van der Waals surface area contributed by atoms with Gasteiger partial charge in [0, 0.05) is 11.5 Å². The minimum atomic E-state index is -0.936. The van der Waals surface area contributed by atoms with Crippen molar-refractivity contribution in [1.82, 2.24) is 0 Å². The molecule has 3 aliphatic carbocycles. The van der Waals surface area contributed by atoms with Gasteiger partial charge < -0.3 is 5.73 Å². The summed E-state index contributed by atoms with van der Waals surface area (Å²) in [7, 11) is 0. The molecule has 0 aliphatic heterocycles. The third-order valence-corrected chi connectivity index (χ3v) is 4.92. The van der Waals surface area contributed by atoms with Crippen molar-refractivity contribution in [2.45, 2.75) is 50.2 Å². The van der Waals surface area contributed by atoms with Gasteiger partial charge in [0.05, 0.1) is 6.07 Å². The summed E-state index contributed by atoms with van der Waals surface area (Å²) in [6, 6.07) is 2.31. The Morgan fingerprint density at radius 3 is 2.62 bits per heavy atom. The van der Waals surface area contributed by atoms with E-state index in [4.69, 9.17) is 11.0 Å². The topological polar surface area (TPSA) is 49.8 Å². The molecule has 0 aromatic carbocycles. The van der Waals surface area contributed by atoms with Crippen LogP contribution >= 0.6 is 0 Å². The van der Waals surface area contributed by atoms with E-state index in [1.807, 2.05) is 0 Å². The number of nitrogens with two attached hydrogens (primary N) is 1. The third kappa shape index (κ3) is 1.73. The molecular weight excluding hydrogens is 203 g/mol. The van der Waals surface area contributed by atoms with E-state index in [0.717, 1.165) is 25.7 Å². The Hall–Kier alpha value is -0.620. The summed E-state index contributed by atoms with van der Waals surface area (Å²) in [6.45, 7) is 1.69. The first-order valence-electron chi connectivity index (χ1n) is 6.32. The van der Waals surface area contributed by atoms with E-state index >= 15 is 0 Å². The van der Waals surface area contributed by atoms with Crippen LogP contribution in [0.1, 0.15) is 39.0 Å². The van der Waals surface area contributed by atoms with Crippen LogP contribution in [0.3, 0.4) is 0 Å². The van der Waals surface area contributed by atoms with Gasteiger partial charge in [0.25, 0.3) is 0 Å². The van der Waals surface area contributed by atoms with Crippen LogP contribution in [0, 0.1) is 35.0 Å². The summed E-state index contributed by atoms with van der Waals surface area (Å²) < 4.78 is 13.4. The van der Waals surface area contributed by atoms with E-state index in [-0.39, 0.29) is 17.4 Å². The highest BCUT2D eigenvalue weighted by Crippen LogP contribution is 2.59. The molecule has 0 spiro atoms. The largest absolute Gasteiger partial charge is 0.325 e. The van der Waals surface area contributed by atoms with Crippen LogP contribution in [0.5, 0.6) is 0 Å². The first-order valence-corrected chi connectivity index (χ1v) is 6.32. The Labute approximate surface area is 96.0 Å². The normalized spacial score (nSPS) is 57.9. The molecule has 3 heteroatoms. The summed E-state index contributed by atoms with van der Waals surface area (Å²) in [5, 5.41) is 8.73. The van der Waals surface area contributed by atoms with E-state index in [9.17, 15) is 4.39 Å². The molecule has 2 N–H and O–H groups in total. The molecule has 2 nitrogen and oxygen atoms in total. The van der Waals surface area contributed by atoms with Gasteiger partial charge in [-0.15, -0.1) is 0 Å². The van der Waals surface area contributed by atoms with Crippen molar-refractivity contribution < 1.29 is 4.39 Å². The Bertz CT molecular complexity index is 359. The number of halogens is 1. The van der Waals surface area contributed by atoms with Crippen LogP contribution in [0.15, 0.2) is 0 Å². The molecule has 0 radical (unpaired) electrons. The van der Waals surface area contributed by atoms with Crippen molar-refractivity contribution in [1.29, 1.82) is 5.26 Å². The van der Waals surface area contributed by atoms with E-state index in [1.54, 1.807) is 6.92 Å². The fourth-order valence-corrected chi connectivity index (χ4v) is 3.17. The standard InChI is InChI=1S/C13H19FN2/c1-12(14)4-11(12)6-13(16)5-10(13)3-8-2-9(8)7-15/h8-11H,2-6,16H2,1H3. The molecular formula is C13H19FN2. The number of hydrogen-bond donors (Lipinski definition) is 1. The van der Waals surface area contributed by atoms with E-state index in [0.29, 0.717) is 18.3 Å². The maximum atomic E-state index is 13.4. The quantitative estimate of drug-likeness (QED) is 0.794. The van der Waals surface area contributed by atoms with Crippen LogP contribution < -0.4 is 5.73 Å². The highest BCUT2D eigenvalue weighted by molar-refractivity contribution is 5.16. The van der Waals surface area contributed by atoms with E-state index < -0.39 is 5.67 Å². The second kappa shape index (κ2) is 2.98. The lowest BCUT2D eigenvalue weighted by molar-refractivity contribution is 0.292. The number of nitrogens with zero attached hydrogens (tertiary/aromatic N) is 1. The summed E-state index contributed by atoms with van der Waals surface area (Å²) in [4.78, 5) is 0. The van der Waals surface area contributed by atoms with Crippen molar-refractivity contribution in [3.05, 3.63) is 0 Å². The average Bonchev–Trinajstić information content (AvgIpc) is 3.09. The predicted molar refractivity (Wildman–Crippen MR) is 59.1 cm³/mol. The molecule has 3 aliphatic rings. The Kier molecular flexibility index (Phi) is 1.96. The van der Waals surface area contributed by atoms with Crippen LogP contribution in [0.2, 0.25) is 0 Å². The number of rotatable bonds is 4. The van der Waals surface area contributed by atoms with Crippen molar-refractivity contribution in [3.8, 4) is 6.07 Å². The Balaban J connectivity index is 1.46. The van der Waals surface area contributed by atoms with Gasteiger partial charge in [-0.1, -0.05) is 0 Å². The maximum absolute atomic E-state index is 13.4. The molecule has 0 amide bonds. The van der Waals surface area contributed by atoms with Crippen LogP contribution in [-0.4, -0.2) is 11.2 Å². The molecule has 0 saturated heterocycles. The average molecular weight is 222 g/mol. The second-order valence-electron chi connectivity index (χ2n) is 6.48. The van der Waals surface area contributed by atoms with Crippen LogP contribution in [-0.2, 0) is 0 Å². The number of nitriles is 1. The van der Waals surface area contributed by atoms with Gasteiger partial charge in [0.15, 0.2) is 0 Å². The van der Waals surface area contributed by atoms with E-state index in [2.05, 4.69) is 6.07 Å². The minimum absolute atomic E-state index is 0.0862. The molecule has 6 unspecified atom stereocenters.